The summed E-state index contributed by atoms with van der Waals surface area (Å²) in [5.41, 5.74) is 4.18. The molecular weight excluding hydrogens is 404 g/mol. The first-order valence-corrected chi connectivity index (χ1v) is 8.91. The van der Waals surface area contributed by atoms with Crippen LogP contribution in [-0.2, 0) is 6.42 Å². The van der Waals surface area contributed by atoms with Crippen molar-refractivity contribution >= 4 is 39.1 Å². The summed E-state index contributed by atoms with van der Waals surface area (Å²) in [5.74, 6) is -0.235. The number of hydrogen-bond acceptors (Lipinski definition) is 3. The summed E-state index contributed by atoms with van der Waals surface area (Å²) in [6.45, 7) is 4.01. The van der Waals surface area contributed by atoms with Crippen molar-refractivity contribution in [1.82, 2.24) is 14.8 Å². The number of hydrogen-bond donors (Lipinski definition) is 1. The number of anilines is 1. The number of carbonyl (C=O) groups excluding carboxylic acids is 1. The van der Waals surface area contributed by atoms with Crippen molar-refractivity contribution in [3.8, 4) is 5.69 Å². The molecule has 0 aliphatic carbocycles. The Kier molecular flexibility index (Phi) is 5.20. The SMILES string of the molecule is CCc1cc(-n2cnnc2)cc(C)c1NC(=O)c1cc(Br)ccc1Cl. The zero-order valence-corrected chi connectivity index (χ0v) is 16.1. The molecule has 1 amide bonds. The maximum absolute atomic E-state index is 12.7. The molecule has 1 heterocycles. The third-order valence-electron chi connectivity index (χ3n) is 3.91. The van der Waals surface area contributed by atoms with Crippen LogP contribution in [0.25, 0.3) is 5.69 Å². The van der Waals surface area contributed by atoms with Crippen molar-refractivity contribution in [2.45, 2.75) is 20.3 Å². The monoisotopic (exact) mass is 418 g/mol. The van der Waals surface area contributed by atoms with Crippen LogP contribution in [0.2, 0.25) is 5.02 Å². The van der Waals surface area contributed by atoms with Crippen LogP contribution in [0, 0.1) is 6.92 Å². The smallest absolute Gasteiger partial charge is 0.257 e. The molecular formula is C18H16BrClN4O. The lowest BCUT2D eigenvalue weighted by molar-refractivity contribution is 0.102. The lowest BCUT2D eigenvalue weighted by atomic mass is 10.0. The number of amides is 1. The van der Waals surface area contributed by atoms with Gasteiger partial charge in [0.2, 0.25) is 0 Å². The minimum atomic E-state index is -0.235. The van der Waals surface area contributed by atoms with Gasteiger partial charge in [0.25, 0.3) is 5.91 Å². The Morgan fingerprint density at radius 2 is 1.96 bits per heavy atom. The third kappa shape index (κ3) is 3.75. The van der Waals surface area contributed by atoms with Crippen LogP contribution in [0.5, 0.6) is 0 Å². The summed E-state index contributed by atoms with van der Waals surface area (Å²) < 4.78 is 2.64. The molecule has 0 atom stereocenters. The summed E-state index contributed by atoms with van der Waals surface area (Å²) >= 11 is 9.54. The van der Waals surface area contributed by atoms with Crippen molar-refractivity contribution in [3.63, 3.8) is 0 Å². The topological polar surface area (TPSA) is 59.8 Å². The molecule has 0 saturated carbocycles. The number of aromatic nitrogens is 3. The fourth-order valence-electron chi connectivity index (χ4n) is 2.63. The maximum atomic E-state index is 12.7. The predicted molar refractivity (Wildman–Crippen MR) is 103 cm³/mol. The Labute approximate surface area is 159 Å². The Balaban J connectivity index is 1.97. The van der Waals surface area contributed by atoms with Crippen LogP contribution < -0.4 is 5.32 Å². The Morgan fingerprint density at radius 1 is 1.24 bits per heavy atom. The van der Waals surface area contributed by atoms with Crippen LogP contribution in [0.15, 0.2) is 47.5 Å². The highest BCUT2D eigenvalue weighted by Gasteiger charge is 2.15. The zero-order chi connectivity index (χ0) is 18.0. The largest absolute Gasteiger partial charge is 0.321 e. The molecule has 0 aliphatic rings. The third-order valence-corrected chi connectivity index (χ3v) is 4.73. The first kappa shape index (κ1) is 17.6. The molecule has 3 rings (SSSR count). The second-order valence-corrected chi connectivity index (χ2v) is 6.92. The van der Waals surface area contributed by atoms with Gasteiger partial charge in [-0.1, -0.05) is 34.5 Å². The van der Waals surface area contributed by atoms with E-state index in [4.69, 9.17) is 11.6 Å². The minimum absolute atomic E-state index is 0.235. The Bertz CT molecular complexity index is 925. The summed E-state index contributed by atoms with van der Waals surface area (Å²) in [7, 11) is 0. The van der Waals surface area contributed by atoms with Crippen LogP contribution >= 0.6 is 27.5 Å². The Hall–Kier alpha value is -2.18. The minimum Gasteiger partial charge on any atom is -0.321 e. The molecule has 128 valence electrons. The number of rotatable bonds is 4. The van der Waals surface area contributed by atoms with Crippen molar-refractivity contribution < 1.29 is 4.79 Å². The van der Waals surface area contributed by atoms with Gasteiger partial charge in [-0.15, -0.1) is 10.2 Å². The van der Waals surface area contributed by atoms with Crippen LogP contribution in [-0.4, -0.2) is 20.7 Å². The molecule has 3 aromatic rings. The normalized spacial score (nSPS) is 10.7. The summed E-state index contributed by atoms with van der Waals surface area (Å²) in [6, 6.07) is 9.22. The van der Waals surface area contributed by atoms with E-state index < -0.39 is 0 Å². The number of nitrogens with zero attached hydrogens (tertiary/aromatic N) is 3. The molecule has 0 unspecified atom stereocenters. The van der Waals surface area contributed by atoms with E-state index >= 15 is 0 Å². The number of halogens is 2. The highest BCUT2D eigenvalue weighted by Crippen LogP contribution is 2.28. The average Bonchev–Trinajstić information content (AvgIpc) is 3.13. The molecule has 0 fully saturated rings. The highest BCUT2D eigenvalue weighted by atomic mass is 79.9. The van der Waals surface area contributed by atoms with Crippen molar-refractivity contribution in [2.24, 2.45) is 0 Å². The van der Waals surface area contributed by atoms with Gasteiger partial charge in [-0.2, -0.15) is 0 Å². The number of carbonyl (C=O) groups is 1. The van der Waals surface area contributed by atoms with Gasteiger partial charge >= 0.3 is 0 Å². The summed E-state index contributed by atoms with van der Waals surface area (Å²) in [4.78, 5) is 12.7. The van der Waals surface area contributed by atoms with E-state index in [1.54, 1.807) is 30.9 Å². The van der Waals surface area contributed by atoms with Gasteiger partial charge in [0.1, 0.15) is 12.7 Å². The molecule has 1 N–H and O–H groups in total. The van der Waals surface area contributed by atoms with Gasteiger partial charge in [0, 0.05) is 15.8 Å². The molecule has 0 radical (unpaired) electrons. The van der Waals surface area contributed by atoms with Gasteiger partial charge in [-0.3, -0.25) is 9.36 Å². The van der Waals surface area contributed by atoms with Crippen LogP contribution in [0.3, 0.4) is 0 Å². The second kappa shape index (κ2) is 7.37. The lowest BCUT2D eigenvalue weighted by Gasteiger charge is -2.16. The fourth-order valence-corrected chi connectivity index (χ4v) is 3.20. The molecule has 7 heteroatoms. The van der Waals surface area contributed by atoms with Crippen molar-refractivity contribution in [1.29, 1.82) is 0 Å². The molecule has 5 nitrogen and oxygen atoms in total. The van der Waals surface area contributed by atoms with Crippen LogP contribution in [0.4, 0.5) is 5.69 Å². The summed E-state index contributed by atoms with van der Waals surface area (Å²) in [6.07, 6.45) is 4.07. The molecule has 25 heavy (non-hydrogen) atoms. The van der Waals surface area contributed by atoms with Crippen molar-refractivity contribution in [3.05, 3.63) is 69.2 Å². The van der Waals surface area contributed by atoms with E-state index in [0.717, 1.165) is 33.4 Å². The van der Waals surface area contributed by atoms with Gasteiger partial charge in [-0.25, -0.2) is 0 Å². The maximum Gasteiger partial charge on any atom is 0.257 e. The highest BCUT2D eigenvalue weighted by molar-refractivity contribution is 9.10. The van der Waals surface area contributed by atoms with Gasteiger partial charge < -0.3 is 5.32 Å². The van der Waals surface area contributed by atoms with E-state index in [0.29, 0.717) is 10.6 Å². The standard InChI is InChI=1S/C18H16BrClN4O/c1-3-12-7-14(24-9-21-22-10-24)6-11(2)17(12)23-18(25)15-8-13(19)4-5-16(15)20/h4-10H,3H2,1-2H3,(H,23,25). The first-order chi connectivity index (χ1) is 12.0. The van der Waals surface area contributed by atoms with E-state index in [-0.39, 0.29) is 5.91 Å². The molecule has 2 aromatic carbocycles. The van der Waals surface area contributed by atoms with Crippen molar-refractivity contribution in [2.75, 3.05) is 5.32 Å². The van der Waals surface area contributed by atoms with Gasteiger partial charge in [0.15, 0.2) is 0 Å². The fraction of sp³-hybridized carbons (Fsp3) is 0.167. The lowest BCUT2D eigenvalue weighted by Crippen LogP contribution is -2.15. The van der Waals surface area contributed by atoms with E-state index in [9.17, 15) is 4.79 Å². The van der Waals surface area contributed by atoms with Crippen LogP contribution in [0.1, 0.15) is 28.4 Å². The number of aryl methyl sites for hydroxylation is 2. The number of benzene rings is 2. The number of nitrogens with one attached hydrogen (secondary N) is 1. The quantitative estimate of drug-likeness (QED) is 0.660. The first-order valence-electron chi connectivity index (χ1n) is 7.74. The average molecular weight is 420 g/mol. The van der Waals surface area contributed by atoms with E-state index in [1.165, 1.54) is 0 Å². The molecule has 0 aliphatic heterocycles. The zero-order valence-electron chi connectivity index (χ0n) is 13.8. The summed E-state index contributed by atoms with van der Waals surface area (Å²) in [5, 5.41) is 11.1. The molecule has 1 aromatic heterocycles. The molecule has 0 spiro atoms. The predicted octanol–water partition coefficient (Wildman–Crippen LogP) is 4.81. The second-order valence-electron chi connectivity index (χ2n) is 5.60. The van der Waals surface area contributed by atoms with Gasteiger partial charge in [0.05, 0.1) is 10.6 Å². The van der Waals surface area contributed by atoms with Gasteiger partial charge in [-0.05, 0) is 54.8 Å². The molecule has 0 bridgehead atoms. The van der Waals surface area contributed by atoms with E-state index in [1.807, 2.05) is 30.5 Å². The Morgan fingerprint density at radius 3 is 2.64 bits per heavy atom. The molecule has 0 saturated heterocycles. The van der Waals surface area contributed by atoms with E-state index in [2.05, 4.69) is 31.4 Å².